The molecule has 1 aromatic heterocycles. The Hall–Kier alpha value is -2.03. The fraction of sp³-hybridized carbons (Fsp3) is 0.353. The third-order valence-corrected chi connectivity index (χ3v) is 3.13. The SMILES string of the molecule is CCNc1cccc(Nc2ccc(C(C)(C)C)cc2)n1. The van der Waals surface area contributed by atoms with Crippen molar-refractivity contribution in [3.8, 4) is 0 Å². The highest BCUT2D eigenvalue weighted by Crippen LogP contribution is 2.24. The molecular formula is C17H23N3. The lowest BCUT2D eigenvalue weighted by Gasteiger charge is -2.19. The number of hydrogen-bond donors (Lipinski definition) is 2. The van der Waals surface area contributed by atoms with Gasteiger partial charge in [-0.2, -0.15) is 0 Å². The van der Waals surface area contributed by atoms with Gasteiger partial charge in [-0.1, -0.05) is 39.0 Å². The normalized spacial score (nSPS) is 11.2. The number of benzene rings is 1. The molecule has 0 amide bonds. The van der Waals surface area contributed by atoms with E-state index in [2.05, 4.69) is 67.6 Å². The highest BCUT2D eigenvalue weighted by molar-refractivity contribution is 5.58. The van der Waals surface area contributed by atoms with Gasteiger partial charge in [-0.25, -0.2) is 4.98 Å². The Bertz CT molecular complexity index is 553. The van der Waals surface area contributed by atoms with Crippen LogP contribution in [0.3, 0.4) is 0 Å². The minimum atomic E-state index is 0.182. The fourth-order valence-electron chi connectivity index (χ4n) is 1.99. The van der Waals surface area contributed by atoms with Gasteiger partial charge < -0.3 is 10.6 Å². The van der Waals surface area contributed by atoms with Crippen molar-refractivity contribution in [3.63, 3.8) is 0 Å². The second-order valence-corrected chi connectivity index (χ2v) is 5.89. The maximum atomic E-state index is 4.51. The summed E-state index contributed by atoms with van der Waals surface area (Å²) in [6, 6.07) is 14.5. The third-order valence-electron chi connectivity index (χ3n) is 3.13. The molecule has 3 nitrogen and oxygen atoms in total. The average Bonchev–Trinajstić information content (AvgIpc) is 2.39. The van der Waals surface area contributed by atoms with Gasteiger partial charge in [0.25, 0.3) is 0 Å². The predicted molar refractivity (Wildman–Crippen MR) is 86.8 cm³/mol. The first-order valence-electron chi connectivity index (χ1n) is 7.07. The molecule has 0 atom stereocenters. The van der Waals surface area contributed by atoms with E-state index >= 15 is 0 Å². The second-order valence-electron chi connectivity index (χ2n) is 5.89. The Morgan fingerprint density at radius 2 is 1.60 bits per heavy atom. The Morgan fingerprint density at radius 3 is 2.20 bits per heavy atom. The topological polar surface area (TPSA) is 37.0 Å². The van der Waals surface area contributed by atoms with Crippen LogP contribution in [-0.4, -0.2) is 11.5 Å². The molecular weight excluding hydrogens is 246 g/mol. The van der Waals surface area contributed by atoms with Crippen molar-refractivity contribution < 1.29 is 0 Å². The van der Waals surface area contributed by atoms with Crippen LogP contribution in [0.15, 0.2) is 42.5 Å². The molecule has 0 unspecified atom stereocenters. The summed E-state index contributed by atoms with van der Waals surface area (Å²) in [6.45, 7) is 9.59. The second kappa shape index (κ2) is 5.95. The maximum Gasteiger partial charge on any atom is 0.132 e. The zero-order valence-electron chi connectivity index (χ0n) is 12.7. The molecule has 2 rings (SSSR count). The minimum Gasteiger partial charge on any atom is -0.370 e. The number of nitrogens with zero attached hydrogens (tertiary/aromatic N) is 1. The molecule has 0 saturated carbocycles. The van der Waals surface area contributed by atoms with E-state index in [4.69, 9.17) is 0 Å². The van der Waals surface area contributed by atoms with Crippen LogP contribution in [0.1, 0.15) is 33.3 Å². The van der Waals surface area contributed by atoms with E-state index in [9.17, 15) is 0 Å². The summed E-state index contributed by atoms with van der Waals surface area (Å²) in [4.78, 5) is 4.51. The third kappa shape index (κ3) is 3.73. The molecule has 20 heavy (non-hydrogen) atoms. The summed E-state index contributed by atoms with van der Waals surface area (Å²) in [5, 5.41) is 6.54. The van der Waals surface area contributed by atoms with E-state index in [1.807, 2.05) is 18.2 Å². The van der Waals surface area contributed by atoms with Crippen LogP contribution in [0.25, 0.3) is 0 Å². The number of nitrogens with one attached hydrogen (secondary N) is 2. The minimum absolute atomic E-state index is 0.182. The van der Waals surface area contributed by atoms with Crippen LogP contribution in [0.4, 0.5) is 17.3 Å². The van der Waals surface area contributed by atoms with Gasteiger partial charge in [0, 0.05) is 12.2 Å². The molecule has 3 heteroatoms. The molecule has 0 saturated heterocycles. The van der Waals surface area contributed by atoms with Gasteiger partial charge in [0.1, 0.15) is 11.6 Å². The number of hydrogen-bond acceptors (Lipinski definition) is 3. The van der Waals surface area contributed by atoms with Crippen molar-refractivity contribution in [2.75, 3.05) is 17.2 Å². The lowest BCUT2D eigenvalue weighted by molar-refractivity contribution is 0.590. The first-order chi connectivity index (χ1) is 9.49. The van der Waals surface area contributed by atoms with E-state index in [1.54, 1.807) is 0 Å². The average molecular weight is 269 g/mol. The summed E-state index contributed by atoms with van der Waals surface area (Å²) in [6.07, 6.45) is 0. The molecule has 0 bridgehead atoms. The molecule has 2 N–H and O–H groups in total. The number of aromatic nitrogens is 1. The summed E-state index contributed by atoms with van der Waals surface area (Å²) < 4.78 is 0. The first-order valence-corrected chi connectivity index (χ1v) is 7.07. The predicted octanol–water partition coefficient (Wildman–Crippen LogP) is 4.55. The van der Waals surface area contributed by atoms with Crippen LogP contribution >= 0.6 is 0 Å². The Labute approximate surface area is 121 Å². The van der Waals surface area contributed by atoms with Gasteiger partial charge in [0.15, 0.2) is 0 Å². The van der Waals surface area contributed by atoms with E-state index < -0.39 is 0 Å². The first kappa shape index (κ1) is 14.4. The maximum absolute atomic E-state index is 4.51. The number of rotatable bonds is 4. The van der Waals surface area contributed by atoms with Crippen LogP contribution in [0, 0.1) is 0 Å². The van der Waals surface area contributed by atoms with Crippen molar-refractivity contribution in [1.82, 2.24) is 4.98 Å². The summed E-state index contributed by atoms with van der Waals surface area (Å²) in [5.41, 5.74) is 2.57. The van der Waals surface area contributed by atoms with E-state index in [-0.39, 0.29) is 5.41 Å². The highest BCUT2D eigenvalue weighted by Gasteiger charge is 2.12. The van der Waals surface area contributed by atoms with Gasteiger partial charge in [-0.3, -0.25) is 0 Å². The molecule has 106 valence electrons. The molecule has 0 spiro atoms. The standard InChI is InChI=1S/C17H23N3/c1-5-18-15-7-6-8-16(20-15)19-14-11-9-13(10-12-14)17(2,3)4/h6-12H,5H2,1-4H3,(H2,18,19,20). The molecule has 0 aliphatic rings. The molecule has 1 aromatic carbocycles. The van der Waals surface area contributed by atoms with Gasteiger partial charge in [0.05, 0.1) is 0 Å². The lowest BCUT2D eigenvalue weighted by atomic mass is 9.87. The van der Waals surface area contributed by atoms with Crippen molar-refractivity contribution >= 4 is 17.3 Å². The Morgan fingerprint density at radius 1 is 0.950 bits per heavy atom. The molecule has 0 aliphatic carbocycles. The number of anilines is 3. The zero-order chi connectivity index (χ0) is 14.6. The fourth-order valence-corrected chi connectivity index (χ4v) is 1.99. The van der Waals surface area contributed by atoms with Gasteiger partial charge >= 0.3 is 0 Å². The number of pyridine rings is 1. The lowest BCUT2D eigenvalue weighted by Crippen LogP contribution is -2.10. The van der Waals surface area contributed by atoms with Gasteiger partial charge in [-0.15, -0.1) is 0 Å². The summed E-state index contributed by atoms with van der Waals surface area (Å²) in [5.74, 6) is 1.75. The molecule has 1 heterocycles. The van der Waals surface area contributed by atoms with Crippen LogP contribution in [0.2, 0.25) is 0 Å². The molecule has 2 aromatic rings. The van der Waals surface area contributed by atoms with Crippen LogP contribution in [-0.2, 0) is 5.41 Å². The van der Waals surface area contributed by atoms with Crippen molar-refractivity contribution in [3.05, 3.63) is 48.0 Å². The monoisotopic (exact) mass is 269 g/mol. The molecule has 0 aliphatic heterocycles. The van der Waals surface area contributed by atoms with Crippen molar-refractivity contribution in [2.45, 2.75) is 33.1 Å². The van der Waals surface area contributed by atoms with Crippen molar-refractivity contribution in [1.29, 1.82) is 0 Å². The van der Waals surface area contributed by atoms with E-state index in [0.717, 1.165) is 23.9 Å². The van der Waals surface area contributed by atoms with Gasteiger partial charge in [-0.05, 0) is 42.2 Å². The van der Waals surface area contributed by atoms with Crippen LogP contribution < -0.4 is 10.6 Å². The van der Waals surface area contributed by atoms with E-state index in [0.29, 0.717) is 0 Å². The Balaban J connectivity index is 2.12. The van der Waals surface area contributed by atoms with Crippen molar-refractivity contribution in [2.24, 2.45) is 0 Å². The molecule has 0 fully saturated rings. The van der Waals surface area contributed by atoms with E-state index in [1.165, 1.54) is 5.56 Å². The zero-order valence-corrected chi connectivity index (χ0v) is 12.7. The molecule has 0 radical (unpaired) electrons. The smallest absolute Gasteiger partial charge is 0.132 e. The quantitative estimate of drug-likeness (QED) is 0.854. The Kier molecular flexibility index (Phi) is 4.28. The van der Waals surface area contributed by atoms with Gasteiger partial charge in [0.2, 0.25) is 0 Å². The largest absolute Gasteiger partial charge is 0.370 e. The van der Waals surface area contributed by atoms with Crippen LogP contribution in [0.5, 0.6) is 0 Å². The summed E-state index contributed by atoms with van der Waals surface area (Å²) >= 11 is 0. The summed E-state index contributed by atoms with van der Waals surface area (Å²) in [7, 11) is 0. The highest BCUT2D eigenvalue weighted by atomic mass is 15.1.